The monoisotopic (exact) mass is 348 g/mol. The van der Waals surface area contributed by atoms with Gasteiger partial charge in [0.15, 0.2) is 0 Å². The van der Waals surface area contributed by atoms with E-state index < -0.39 is 17.9 Å². The zero-order chi connectivity index (χ0) is 18.6. The molecule has 2 rings (SSSR count). The van der Waals surface area contributed by atoms with E-state index in [-0.39, 0.29) is 18.8 Å². The summed E-state index contributed by atoms with van der Waals surface area (Å²) in [6, 6.07) is 6.59. The Balaban J connectivity index is 2.28. The van der Waals surface area contributed by atoms with Gasteiger partial charge in [0.25, 0.3) is 5.91 Å². The Hall–Kier alpha value is -2.67. The lowest BCUT2D eigenvalue weighted by atomic mass is 10.1. The number of nitrogens with one attached hydrogen (secondary N) is 1. The van der Waals surface area contributed by atoms with Gasteiger partial charge >= 0.3 is 5.97 Å². The van der Waals surface area contributed by atoms with Gasteiger partial charge < -0.3 is 19.7 Å². The van der Waals surface area contributed by atoms with Gasteiger partial charge in [0.05, 0.1) is 5.56 Å². The second kappa shape index (κ2) is 7.94. The average molecular weight is 348 g/mol. The van der Waals surface area contributed by atoms with Crippen LogP contribution in [0, 0.1) is 19.7 Å². The number of methoxy groups -OCH3 is 1. The Morgan fingerprint density at radius 1 is 1.28 bits per heavy atom. The normalized spacial score (nSPS) is 12.0. The number of aliphatic carboxylic acids is 1. The van der Waals surface area contributed by atoms with E-state index in [1.807, 2.05) is 11.5 Å². The molecule has 134 valence electrons. The number of carbonyl (C=O) groups excluding carboxylic acids is 1. The highest BCUT2D eigenvalue weighted by atomic mass is 19.1. The summed E-state index contributed by atoms with van der Waals surface area (Å²) < 4.78 is 19.8. The minimum atomic E-state index is -1.11. The van der Waals surface area contributed by atoms with Gasteiger partial charge in [-0.25, -0.2) is 9.18 Å². The Morgan fingerprint density at radius 2 is 1.92 bits per heavy atom. The van der Waals surface area contributed by atoms with Crippen molar-refractivity contribution in [2.45, 2.75) is 26.3 Å². The average Bonchev–Trinajstić information content (AvgIpc) is 2.87. The smallest absolute Gasteiger partial charge is 0.326 e. The lowest BCUT2D eigenvalue weighted by Crippen LogP contribution is -2.41. The van der Waals surface area contributed by atoms with E-state index in [0.29, 0.717) is 11.3 Å². The minimum absolute atomic E-state index is 0.175. The number of carbonyl (C=O) groups is 2. The second-order valence-electron chi connectivity index (χ2n) is 5.74. The molecule has 0 aliphatic heterocycles. The molecule has 0 aliphatic carbocycles. The largest absolute Gasteiger partial charge is 0.480 e. The van der Waals surface area contributed by atoms with Gasteiger partial charge in [-0.2, -0.15) is 0 Å². The van der Waals surface area contributed by atoms with Crippen LogP contribution in [-0.4, -0.2) is 41.3 Å². The van der Waals surface area contributed by atoms with Crippen LogP contribution in [-0.2, 0) is 9.53 Å². The predicted octanol–water partition coefficient (Wildman–Crippen LogP) is 2.45. The number of rotatable bonds is 7. The molecule has 2 aromatic rings. The molecule has 0 bridgehead atoms. The Labute approximate surface area is 145 Å². The van der Waals surface area contributed by atoms with Crippen LogP contribution in [0.15, 0.2) is 30.3 Å². The number of amides is 1. The van der Waals surface area contributed by atoms with Gasteiger partial charge in [0.2, 0.25) is 0 Å². The molecule has 0 radical (unpaired) electrons. The van der Waals surface area contributed by atoms with Crippen molar-refractivity contribution < 1.29 is 23.8 Å². The predicted molar refractivity (Wildman–Crippen MR) is 90.6 cm³/mol. The van der Waals surface area contributed by atoms with Crippen LogP contribution in [0.5, 0.6) is 0 Å². The van der Waals surface area contributed by atoms with E-state index in [1.165, 1.54) is 19.2 Å². The van der Waals surface area contributed by atoms with Gasteiger partial charge in [-0.1, -0.05) is 0 Å². The summed E-state index contributed by atoms with van der Waals surface area (Å²) in [5.74, 6) is -1.92. The van der Waals surface area contributed by atoms with Crippen molar-refractivity contribution in [3.8, 4) is 5.69 Å². The molecule has 1 heterocycles. The third-order valence-corrected chi connectivity index (χ3v) is 3.97. The van der Waals surface area contributed by atoms with E-state index >= 15 is 0 Å². The lowest BCUT2D eigenvalue weighted by molar-refractivity contribution is -0.139. The lowest BCUT2D eigenvalue weighted by Gasteiger charge is -2.14. The molecule has 2 N–H and O–H groups in total. The third kappa shape index (κ3) is 4.24. The number of nitrogens with zero attached hydrogens (tertiary/aromatic N) is 1. The quantitative estimate of drug-likeness (QED) is 0.805. The van der Waals surface area contributed by atoms with Crippen molar-refractivity contribution in [2.24, 2.45) is 0 Å². The van der Waals surface area contributed by atoms with Crippen LogP contribution in [0.25, 0.3) is 5.69 Å². The summed E-state index contributed by atoms with van der Waals surface area (Å²) in [4.78, 5) is 23.8. The third-order valence-electron chi connectivity index (χ3n) is 3.97. The van der Waals surface area contributed by atoms with Crippen LogP contribution in [0.1, 0.15) is 28.2 Å². The number of aryl methyl sites for hydroxylation is 1. The first-order valence-electron chi connectivity index (χ1n) is 7.82. The zero-order valence-corrected chi connectivity index (χ0v) is 14.4. The number of carboxylic acids is 1. The highest BCUT2D eigenvalue weighted by Crippen LogP contribution is 2.21. The first kappa shape index (κ1) is 18.7. The molecule has 0 saturated carbocycles. The number of aromatic nitrogens is 1. The first-order chi connectivity index (χ1) is 11.8. The van der Waals surface area contributed by atoms with E-state index in [2.05, 4.69) is 5.32 Å². The number of carboxylic acid groups (broad SMARTS) is 1. The topological polar surface area (TPSA) is 80.6 Å². The summed E-state index contributed by atoms with van der Waals surface area (Å²) in [7, 11) is 1.47. The minimum Gasteiger partial charge on any atom is -0.480 e. The molecular weight excluding hydrogens is 327 g/mol. The summed E-state index contributed by atoms with van der Waals surface area (Å²) in [5.41, 5.74) is 2.55. The molecule has 7 heteroatoms. The van der Waals surface area contributed by atoms with E-state index in [9.17, 15) is 19.1 Å². The van der Waals surface area contributed by atoms with Crippen molar-refractivity contribution in [2.75, 3.05) is 13.7 Å². The molecule has 0 aliphatic rings. The van der Waals surface area contributed by atoms with E-state index in [0.717, 1.165) is 11.4 Å². The van der Waals surface area contributed by atoms with Gasteiger partial charge in [-0.05, 0) is 44.2 Å². The molecule has 1 atom stereocenters. The Kier molecular flexibility index (Phi) is 5.93. The van der Waals surface area contributed by atoms with Gasteiger partial charge in [-0.3, -0.25) is 4.79 Å². The second-order valence-corrected chi connectivity index (χ2v) is 5.74. The SMILES string of the molecule is COCCC(NC(=O)c1cc(C)n(-c2ccc(F)cc2)c1C)C(=O)O. The number of hydrogen-bond donors (Lipinski definition) is 2. The number of ether oxygens (including phenoxy) is 1. The molecule has 1 aromatic carbocycles. The van der Waals surface area contributed by atoms with Crippen molar-refractivity contribution in [1.82, 2.24) is 9.88 Å². The Morgan fingerprint density at radius 3 is 2.48 bits per heavy atom. The number of benzene rings is 1. The maximum absolute atomic E-state index is 13.1. The summed E-state index contributed by atoms with van der Waals surface area (Å²) in [6.45, 7) is 3.81. The molecule has 1 amide bonds. The molecule has 0 fully saturated rings. The van der Waals surface area contributed by atoms with Gasteiger partial charge in [0.1, 0.15) is 11.9 Å². The fourth-order valence-corrected chi connectivity index (χ4v) is 2.71. The van der Waals surface area contributed by atoms with Crippen LogP contribution in [0.3, 0.4) is 0 Å². The molecular formula is C18H21FN2O4. The number of hydrogen-bond acceptors (Lipinski definition) is 3. The standard InChI is InChI=1S/C18H21FN2O4/c1-11-10-15(17(22)20-16(18(23)24)8-9-25-3)12(2)21(11)14-6-4-13(19)5-7-14/h4-7,10,16H,8-9H2,1-3H3,(H,20,22)(H,23,24). The van der Waals surface area contributed by atoms with Crippen LogP contribution >= 0.6 is 0 Å². The maximum atomic E-state index is 13.1. The van der Waals surface area contributed by atoms with E-state index in [4.69, 9.17) is 4.74 Å². The maximum Gasteiger partial charge on any atom is 0.326 e. The van der Waals surface area contributed by atoms with Crippen molar-refractivity contribution >= 4 is 11.9 Å². The molecule has 6 nitrogen and oxygen atoms in total. The molecule has 1 aromatic heterocycles. The molecule has 1 unspecified atom stereocenters. The fraction of sp³-hybridized carbons (Fsp3) is 0.333. The van der Waals surface area contributed by atoms with Crippen LogP contribution in [0.2, 0.25) is 0 Å². The fourth-order valence-electron chi connectivity index (χ4n) is 2.71. The van der Waals surface area contributed by atoms with Crippen molar-refractivity contribution in [3.05, 3.63) is 53.1 Å². The van der Waals surface area contributed by atoms with Gasteiger partial charge in [0, 0.05) is 37.2 Å². The summed E-state index contributed by atoms with van der Waals surface area (Å²) in [5, 5.41) is 11.7. The van der Waals surface area contributed by atoms with Gasteiger partial charge in [-0.15, -0.1) is 0 Å². The first-order valence-corrected chi connectivity index (χ1v) is 7.82. The zero-order valence-electron chi connectivity index (χ0n) is 14.4. The molecule has 25 heavy (non-hydrogen) atoms. The Bertz CT molecular complexity index is 768. The highest BCUT2D eigenvalue weighted by molar-refractivity contribution is 5.98. The van der Waals surface area contributed by atoms with Crippen LogP contribution in [0.4, 0.5) is 4.39 Å². The van der Waals surface area contributed by atoms with Crippen molar-refractivity contribution in [3.63, 3.8) is 0 Å². The highest BCUT2D eigenvalue weighted by Gasteiger charge is 2.23. The molecule has 0 saturated heterocycles. The van der Waals surface area contributed by atoms with Crippen molar-refractivity contribution in [1.29, 1.82) is 0 Å². The molecule has 0 spiro atoms. The number of halogens is 1. The summed E-state index contributed by atoms with van der Waals surface area (Å²) in [6.07, 6.45) is 0.175. The van der Waals surface area contributed by atoms with E-state index in [1.54, 1.807) is 25.1 Å². The summed E-state index contributed by atoms with van der Waals surface area (Å²) >= 11 is 0. The van der Waals surface area contributed by atoms with Crippen LogP contribution < -0.4 is 5.32 Å².